The van der Waals surface area contributed by atoms with Crippen LogP contribution in [0.15, 0.2) is 18.2 Å². The van der Waals surface area contributed by atoms with E-state index in [2.05, 4.69) is 15.9 Å². The summed E-state index contributed by atoms with van der Waals surface area (Å²) < 4.78 is 13.9. The average Bonchev–Trinajstić information content (AvgIpc) is 2.92. The van der Waals surface area contributed by atoms with Crippen LogP contribution in [0.4, 0.5) is 10.1 Å². The SMILES string of the molecule is O=C(c1ccc([N+](=O)[O-])cc1F)N1CCCC1CCCBr. The number of amides is 1. The van der Waals surface area contributed by atoms with Gasteiger partial charge in [-0.1, -0.05) is 15.9 Å². The molecule has 0 N–H and O–H groups in total. The highest BCUT2D eigenvalue weighted by Gasteiger charge is 2.30. The topological polar surface area (TPSA) is 63.4 Å². The van der Waals surface area contributed by atoms with E-state index in [9.17, 15) is 19.3 Å². The fraction of sp³-hybridized carbons (Fsp3) is 0.500. The lowest BCUT2D eigenvalue weighted by Gasteiger charge is -2.24. The van der Waals surface area contributed by atoms with Crippen molar-refractivity contribution in [3.8, 4) is 0 Å². The maximum atomic E-state index is 13.9. The Morgan fingerprint density at radius 2 is 2.29 bits per heavy atom. The largest absolute Gasteiger partial charge is 0.336 e. The van der Waals surface area contributed by atoms with Gasteiger partial charge in [0, 0.05) is 24.0 Å². The number of benzene rings is 1. The summed E-state index contributed by atoms with van der Waals surface area (Å²) in [5.41, 5.74) is -0.437. The molecule has 1 heterocycles. The number of halogens is 2. The molecule has 0 bridgehead atoms. The van der Waals surface area contributed by atoms with Gasteiger partial charge in [0.25, 0.3) is 11.6 Å². The van der Waals surface area contributed by atoms with Crippen molar-refractivity contribution in [1.29, 1.82) is 0 Å². The third-order valence-electron chi connectivity index (χ3n) is 3.70. The van der Waals surface area contributed by atoms with Crippen LogP contribution in [-0.2, 0) is 0 Å². The number of nitrogens with zero attached hydrogens (tertiary/aromatic N) is 2. The van der Waals surface area contributed by atoms with E-state index in [4.69, 9.17) is 0 Å². The highest BCUT2D eigenvalue weighted by Crippen LogP contribution is 2.26. The summed E-state index contributed by atoms with van der Waals surface area (Å²) in [7, 11) is 0. The first-order valence-corrected chi connectivity index (χ1v) is 7.97. The lowest BCUT2D eigenvalue weighted by Crippen LogP contribution is -2.36. The molecule has 0 saturated carbocycles. The minimum absolute atomic E-state index is 0.0913. The zero-order valence-electron chi connectivity index (χ0n) is 11.4. The van der Waals surface area contributed by atoms with Gasteiger partial charge in [0.15, 0.2) is 0 Å². The number of carbonyl (C=O) groups excluding carboxylic acids is 1. The van der Waals surface area contributed by atoms with Crippen molar-refractivity contribution in [2.24, 2.45) is 0 Å². The van der Waals surface area contributed by atoms with Crippen molar-refractivity contribution in [2.45, 2.75) is 31.7 Å². The van der Waals surface area contributed by atoms with Crippen LogP contribution in [0.1, 0.15) is 36.0 Å². The molecule has 114 valence electrons. The first-order valence-electron chi connectivity index (χ1n) is 6.85. The van der Waals surface area contributed by atoms with E-state index in [-0.39, 0.29) is 23.2 Å². The summed E-state index contributed by atoms with van der Waals surface area (Å²) in [6, 6.07) is 3.30. The molecule has 7 heteroatoms. The number of likely N-dealkylation sites (tertiary alicyclic amines) is 1. The quantitative estimate of drug-likeness (QED) is 0.459. The van der Waals surface area contributed by atoms with Crippen molar-refractivity contribution < 1.29 is 14.1 Å². The van der Waals surface area contributed by atoms with Crippen LogP contribution in [0.5, 0.6) is 0 Å². The number of nitro benzene ring substituents is 1. The fourth-order valence-corrected chi connectivity index (χ4v) is 2.99. The maximum Gasteiger partial charge on any atom is 0.272 e. The maximum absolute atomic E-state index is 13.9. The van der Waals surface area contributed by atoms with Crippen LogP contribution in [0.25, 0.3) is 0 Å². The van der Waals surface area contributed by atoms with Gasteiger partial charge in [0.1, 0.15) is 5.82 Å². The summed E-state index contributed by atoms with van der Waals surface area (Å²) >= 11 is 3.36. The van der Waals surface area contributed by atoms with Crippen LogP contribution in [-0.4, -0.2) is 33.6 Å². The Morgan fingerprint density at radius 1 is 1.52 bits per heavy atom. The van der Waals surface area contributed by atoms with Gasteiger partial charge < -0.3 is 4.90 Å². The van der Waals surface area contributed by atoms with Crippen LogP contribution in [0.3, 0.4) is 0 Å². The number of hydrogen-bond acceptors (Lipinski definition) is 3. The lowest BCUT2D eigenvalue weighted by molar-refractivity contribution is -0.385. The van der Waals surface area contributed by atoms with Crippen LogP contribution in [0.2, 0.25) is 0 Å². The van der Waals surface area contributed by atoms with E-state index >= 15 is 0 Å². The molecule has 0 aliphatic carbocycles. The van der Waals surface area contributed by atoms with Crippen molar-refractivity contribution in [2.75, 3.05) is 11.9 Å². The molecule has 21 heavy (non-hydrogen) atoms. The first kappa shape index (κ1) is 15.9. The number of hydrogen-bond donors (Lipinski definition) is 0. The minimum atomic E-state index is -0.833. The molecule has 0 radical (unpaired) electrons. The zero-order chi connectivity index (χ0) is 15.4. The fourth-order valence-electron chi connectivity index (χ4n) is 2.66. The molecule has 2 rings (SSSR count). The summed E-state index contributed by atoms with van der Waals surface area (Å²) in [6.45, 7) is 0.613. The monoisotopic (exact) mass is 358 g/mol. The van der Waals surface area contributed by atoms with Gasteiger partial charge in [-0.15, -0.1) is 0 Å². The standard InChI is InChI=1S/C14H16BrFN2O3/c15-7-1-3-10-4-2-8-17(10)14(19)12-6-5-11(18(20)21)9-13(12)16/h5-6,9-10H,1-4,7-8H2. The molecule has 5 nitrogen and oxygen atoms in total. The molecule has 1 saturated heterocycles. The average molecular weight is 359 g/mol. The molecule has 1 amide bonds. The Bertz CT molecular complexity index is 553. The van der Waals surface area contributed by atoms with E-state index < -0.39 is 10.7 Å². The highest BCUT2D eigenvalue weighted by atomic mass is 79.9. The smallest absolute Gasteiger partial charge is 0.272 e. The molecule has 1 aromatic carbocycles. The van der Waals surface area contributed by atoms with Gasteiger partial charge in [0.05, 0.1) is 16.6 Å². The summed E-state index contributed by atoms with van der Waals surface area (Å²) in [5, 5.41) is 11.5. The van der Waals surface area contributed by atoms with E-state index in [0.29, 0.717) is 6.54 Å². The molecule has 1 unspecified atom stereocenters. The van der Waals surface area contributed by atoms with Crippen molar-refractivity contribution in [3.05, 3.63) is 39.7 Å². The third kappa shape index (κ3) is 3.58. The predicted octanol–water partition coefficient (Wildman–Crippen LogP) is 3.51. The van der Waals surface area contributed by atoms with Gasteiger partial charge in [0.2, 0.25) is 0 Å². The van der Waals surface area contributed by atoms with E-state index in [1.54, 1.807) is 4.90 Å². The van der Waals surface area contributed by atoms with Crippen molar-refractivity contribution >= 4 is 27.5 Å². The molecule has 0 aromatic heterocycles. The van der Waals surface area contributed by atoms with Crippen LogP contribution < -0.4 is 0 Å². The second kappa shape index (κ2) is 6.98. The number of rotatable bonds is 5. The second-order valence-corrected chi connectivity index (χ2v) is 5.84. The van der Waals surface area contributed by atoms with Crippen molar-refractivity contribution in [3.63, 3.8) is 0 Å². The number of alkyl halides is 1. The molecular weight excluding hydrogens is 343 g/mol. The Balaban J connectivity index is 2.17. The van der Waals surface area contributed by atoms with Gasteiger partial charge in [-0.25, -0.2) is 4.39 Å². The van der Waals surface area contributed by atoms with E-state index in [0.717, 1.165) is 37.1 Å². The van der Waals surface area contributed by atoms with Crippen LogP contribution >= 0.6 is 15.9 Å². The lowest BCUT2D eigenvalue weighted by atomic mass is 10.1. The second-order valence-electron chi connectivity index (χ2n) is 5.05. The molecule has 1 fully saturated rings. The first-order chi connectivity index (χ1) is 10.0. The Labute approximate surface area is 130 Å². The normalized spacial score (nSPS) is 18.0. The third-order valence-corrected chi connectivity index (χ3v) is 4.26. The number of nitro groups is 1. The van der Waals surface area contributed by atoms with Gasteiger partial charge in [-0.3, -0.25) is 14.9 Å². The van der Waals surface area contributed by atoms with E-state index in [1.807, 2.05) is 0 Å². The summed E-state index contributed by atoms with van der Waals surface area (Å²) in [5.74, 6) is -1.21. The molecule has 1 aliphatic heterocycles. The van der Waals surface area contributed by atoms with Crippen LogP contribution in [0, 0.1) is 15.9 Å². The molecule has 1 atom stereocenters. The summed E-state index contributed by atoms with van der Waals surface area (Å²) in [4.78, 5) is 24.0. The Morgan fingerprint density at radius 3 is 2.90 bits per heavy atom. The number of carbonyl (C=O) groups is 1. The Hall–Kier alpha value is -1.50. The molecule has 1 aliphatic rings. The van der Waals surface area contributed by atoms with Gasteiger partial charge in [-0.05, 0) is 31.7 Å². The highest BCUT2D eigenvalue weighted by molar-refractivity contribution is 9.09. The van der Waals surface area contributed by atoms with Gasteiger partial charge in [-0.2, -0.15) is 0 Å². The minimum Gasteiger partial charge on any atom is -0.336 e. The Kier molecular flexibility index (Phi) is 5.27. The zero-order valence-corrected chi connectivity index (χ0v) is 13.0. The molecule has 1 aromatic rings. The van der Waals surface area contributed by atoms with Crippen molar-refractivity contribution in [1.82, 2.24) is 4.90 Å². The molecule has 0 spiro atoms. The van der Waals surface area contributed by atoms with Gasteiger partial charge >= 0.3 is 0 Å². The number of non-ortho nitro benzene ring substituents is 1. The van der Waals surface area contributed by atoms with E-state index in [1.165, 1.54) is 12.1 Å². The summed E-state index contributed by atoms with van der Waals surface area (Å²) in [6.07, 6.45) is 3.67. The predicted molar refractivity (Wildman–Crippen MR) is 80.1 cm³/mol. The molecular formula is C14H16BrFN2O3.